The summed E-state index contributed by atoms with van der Waals surface area (Å²) in [6.07, 6.45) is -1.07. The largest absolute Gasteiger partial charge is 0.471 e. The molecule has 14 nitrogen and oxygen atoms in total. The van der Waals surface area contributed by atoms with Crippen LogP contribution in [0.15, 0.2) is 54.9 Å². The molecule has 47 heavy (non-hydrogen) atoms. The Morgan fingerprint density at radius 1 is 1.02 bits per heavy atom. The van der Waals surface area contributed by atoms with E-state index in [0.29, 0.717) is 28.3 Å². The first-order chi connectivity index (χ1) is 21.7. The molecule has 0 radical (unpaired) electrons. The van der Waals surface area contributed by atoms with Crippen molar-refractivity contribution in [3.8, 4) is 11.1 Å². The molecule has 2 heterocycles. The number of aromatic nitrogens is 2. The zero-order valence-electron chi connectivity index (χ0n) is 24.7. The second-order valence-corrected chi connectivity index (χ2v) is 14.9. The first-order valence-corrected chi connectivity index (χ1v) is 18.6. The van der Waals surface area contributed by atoms with Crippen LogP contribution in [0.25, 0.3) is 22.2 Å². The maximum atomic E-state index is 16.3. The van der Waals surface area contributed by atoms with E-state index in [0.717, 1.165) is 17.7 Å². The van der Waals surface area contributed by atoms with E-state index < -0.39 is 78.1 Å². The molecule has 4 aromatic rings. The van der Waals surface area contributed by atoms with Crippen molar-refractivity contribution in [2.75, 3.05) is 10.1 Å². The summed E-state index contributed by atoms with van der Waals surface area (Å²) in [5.41, 5.74) is -1.68. The minimum absolute atomic E-state index is 0.00656. The second-order valence-electron chi connectivity index (χ2n) is 10.1. The van der Waals surface area contributed by atoms with Crippen LogP contribution in [0, 0.1) is 11.6 Å². The fourth-order valence-electron chi connectivity index (χ4n) is 4.86. The number of hydrogen-bond acceptors (Lipinski definition) is 8. The standard InChI is InChI=1S/C27H28ClF2N3O11P2S/c1-4-11-47(41,42)33(16(3)44-46(38,39)40)23-10-9-22(29)24(25(23)30)26(34)21-14-32(15(2)43-45(35,36)37)27-20(21)12-18(13-31-27)17-5-7-19(28)8-6-17/h5-10,12-16H,4,11H2,1-3H3,(H2,35,36,37)(H2,38,39,40). The van der Waals surface area contributed by atoms with E-state index in [-0.39, 0.29) is 21.8 Å². The van der Waals surface area contributed by atoms with Gasteiger partial charge in [0.2, 0.25) is 15.8 Å². The van der Waals surface area contributed by atoms with E-state index in [1.165, 1.54) is 26.1 Å². The third kappa shape index (κ3) is 8.32. The third-order valence-electron chi connectivity index (χ3n) is 6.69. The summed E-state index contributed by atoms with van der Waals surface area (Å²) in [6, 6.07) is 9.15. The summed E-state index contributed by atoms with van der Waals surface area (Å²) < 4.78 is 91.6. The molecule has 254 valence electrons. The van der Waals surface area contributed by atoms with Crippen LogP contribution in [0.4, 0.5) is 14.5 Å². The van der Waals surface area contributed by atoms with Crippen molar-refractivity contribution in [2.45, 2.75) is 39.6 Å². The number of carbonyl (C=O) groups excluding carboxylic acids is 1. The quantitative estimate of drug-likeness (QED) is 0.0763. The van der Waals surface area contributed by atoms with E-state index in [2.05, 4.69) is 9.51 Å². The molecule has 0 aliphatic rings. The number of phosphoric ester groups is 2. The van der Waals surface area contributed by atoms with E-state index in [9.17, 15) is 41.9 Å². The monoisotopic (exact) mass is 737 g/mol. The number of pyridine rings is 1. The van der Waals surface area contributed by atoms with E-state index >= 15 is 8.78 Å². The number of carbonyl (C=O) groups is 1. The van der Waals surface area contributed by atoms with Gasteiger partial charge in [-0.3, -0.25) is 13.8 Å². The van der Waals surface area contributed by atoms with Gasteiger partial charge in [-0.2, -0.15) is 0 Å². The van der Waals surface area contributed by atoms with Crippen LogP contribution < -0.4 is 4.31 Å². The van der Waals surface area contributed by atoms with Gasteiger partial charge in [0, 0.05) is 28.4 Å². The molecule has 0 amide bonds. The van der Waals surface area contributed by atoms with Crippen LogP contribution >= 0.6 is 27.2 Å². The van der Waals surface area contributed by atoms with Gasteiger partial charge in [0.05, 0.1) is 22.6 Å². The van der Waals surface area contributed by atoms with Crippen molar-refractivity contribution in [2.24, 2.45) is 0 Å². The van der Waals surface area contributed by atoms with Crippen LogP contribution in [-0.4, -0.2) is 55.3 Å². The maximum absolute atomic E-state index is 16.3. The smallest absolute Gasteiger partial charge is 0.305 e. The molecule has 0 spiro atoms. The molecule has 0 aliphatic carbocycles. The highest BCUT2D eigenvalue weighted by molar-refractivity contribution is 7.92. The molecule has 0 saturated heterocycles. The Bertz CT molecular complexity index is 2040. The summed E-state index contributed by atoms with van der Waals surface area (Å²) in [6.45, 7) is 3.61. The van der Waals surface area contributed by atoms with Crippen LogP contribution in [-0.2, 0) is 28.2 Å². The van der Waals surface area contributed by atoms with E-state index in [1.807, 2.05) is 0 Å². The molecule has 0 fully saturated rings. The number of anilines is 1. The van der Waals surface area contributed by atoms with Gasteiger partial charge in [-0.05, 0) is 56.2 Å². The minimum atomic E-state index is -5.32. The minimum Gasteiger partial charge on any atom is -0.305 e. The molecule has 20 heteroatoms. The van der Waals surface area contributed by atoms with Gasteiger partial charge in [-0.25, -0.2) is 35.6 Å². The SMILES string of the molecule is CCCS(=O)(=O)N(c1ccc(F)c(C(=O)c2cn(C(C)OP(=O)(O)O)c3ncc(-c4ccc(Cl)cc4)cc23)c1F)C(C)OP(=O)(O)O. The Hall–Kier alpha value is -3.08. The number of hydrogen-bond donors (Lipinski definition) is 4. The van der Waals surface area contributed by atoms with Crippen molar-refractivity contribution in [1.82, 2.24) is 9.55 Å². The number of fused-ring (bicyclic) bond motifs is 1. The predicted octanol–water partition coefficient (Wildman–Crippen LogP) is 5.50. The highest BCUT2D eigenvalue weighted by atomic mass is 35.5. The number of ketones is 1. The van der Waals surface area contributed by atoms with E-state index in [4.69, 9.17) is 16.1 Å². The molecule has 0 bridgehead atoms. The number of benzene rings is 2. The lowest BCUT2D eigenvalue weighted by molar-refractivity contribution is 0.100. The summed E-state index contributed by atoms with van der Waals surface area (Å²) >= 11 is 5.98. The topological polar surface area (TPSA) is 206 Å². The molecule has 4 N–H and O–H groups in total. The van der Waals surface area contributed by atoms with Crippen molar-refractivity contribution >= 4 is 59.8 Å². The first-order valence-electron chi connectivity index (χ1n) is 13.5. The summed E-state index contributed by atoms with van der Waals surface area (Å²) in [5.74, 6) is -5.08. The third-order valence-corrected chi connectivity index (χ3v) is 10.1. The van der Waals surface area contributed by atoms with Crippen LogP contribution in [0.2, 0.25) is 5.02 Å². The Morgan fingerprint density at radius 2 is 1.64 bits per heavy atom. The highest BCUT2D eigenvalue weighted by Crippen LogP contribution is 2.43. The first kappa shape index (κ1) is 36.8. The van der Waals surface area contributed by atoms with Gasteiger partial charge in [0.1, 0.15) is 17.7 Å². The summed E-state index contributed by atoms with van der Waals surface area (Å²) in [4.78, 5) is 55.7. The summed E-state index contributed by atoms with van der Waals surface area (Å²) in [7, 11) is -15.0. The normalized spacial score (nSPS) is 13.9. The van der Waals surface area contributed by atoms with Crippen molar-refractivity contribution in [3.63, 3.8) is 0 Å². The van der Waals surface area contributed by atoms with Crippen LogP contribution in [0.5, 0.6) is 0 Å². The highest BCUT2D eigenvalue weighted by Gasteiger charge is 2.36. The Labute approximate surface area is 272 Å². The van der Waals surface area contributed by atoms with Gasteiger partial charge >= 0.3 is 15.6 Å². The Balaban J connectivity index is 1.96. The van der Waals surface area contributed by atoms with Gasteiger partial charge < -0.3 is 24.1 Å². The fourth-order valence-corrected chi connectivity index (χ4v) is 7.69. The molecule has 2 unspecified atom stereocenters. The average molecular weight is 738 g/mol. The lowest BCUT2D eigenvalue weighted by atomic mass is 9.99. The molecule has 2 atom stereocenters. The zero-order valence-corrected chi connectivity index (χ0v) is 28.1. The molecule has 2 aromatic heterocycles. The number of nitrogens with zero attached hydrogens (tertiary/aromatic N) is 3. The number of phosphoric acid groups is 2. The molecule has 4 rings (SSSR count). The van der Waals surface area contributed by atoms with Crippen molar-refractivity contribution in [3.05, 3.63) is 82.6 Å². The van der Waals surface area contributed by atoms with E-state index in [1.54, 1.807) is 24.3 Å². The molecule has 2 aromatic carbocycles. The maximum Gasteiger partial charge on any atom is 0.471 e. The molecule has 0 aliphatic heterocycles. The number of sulfonamides is 1. The van der Waals surface area contributed by atoms with Gasteiger partial charge in [-0.1, -0.05) is 30.7 Å². The molecule has 0 saturated carbocycles. The van der Waals surface area contributed by atoms with Gasteiger partial charge in [0.25, 0.3) is 0 Å². The lowest BCUT2D eigenvalue weighted by Crippen LogP contribution is -2.42. The number of rotatable bonds is 13. The average Bonchev–Trinajstić information content (AvgIpc) is 3.32. The zero-order chi connectivity index (χ0) is 35.1. The Morgan fingerprint density at radius 3 is 2.21 bits per heavy atom. The summed E-state index contributed by atoms with van der Waals surface area (Å²) in [5, 5.41) is 0.399. The predicted molar refractivity (Wildman–Crippen MR) is 167 cm³/mol. The second kappa shape index (κ2) is 13.8. The molecular formula is C27H28ClF2N3O11P2S. The van der Waals surface area contributed by atoms with Gasteiger partial charge in [0.15, 0.2) is 12.0 Å². The lowest BCUT2D eigenvalue weighted by Gasteiger charge is -2.30. The Kier molecular flexibility index (Phi) is 10.8. The van der Waals surface area contributed by atoms with Crippen molar-refractivity contribution < 1.29 is 59.7 Å². The fraction of sp³-hybridized carbons (Fsp3) is 0.259. The van der Waals surface area contributed by atoms with Gasteiger partial charge in [-0.15, -0.1) is 0 Å². The van der Waals surface area contributed by atoms with Crippen molar-refractivity contribution in [1.29, 1.82) is 0 Å². The molecular weight excluding hydrogens is 710 g/mol. The number of halogens is 3. The van der Waals surface area contributed by atoms with Crippen LogP contribution in [0.1, 0.15) is 49.3 Å². The van der Waals surface area contributed by atoms with Crippen LogP contribution in [0.3, 0.4) is 0 Å².